The zero-order chi connectivity index (χ0) is 16.1. The summed E-state index contributed by atoms with van der Waals surface area (Å²) in [5.41, 5.74) is 0.776. The molecule has 116 valence electrons. The molecule has 0 aromatic carbocycles. The molecule has 1 amide bonds. The second-order valence-electron chi connectivity index (χ2n) is 4.31. The summed E-state index contributed by atoms with van der Waals surface area (Å²) in [6.45, 7) is 3.87. The monoisotopic (exact) mass is 383 g/mol. The van der Waals surface area contributed by atoms with Crippen molar-refractivity contribution in [2.24, 2.45) is 0 Å². The van der Waals surface area contributed by atoms with Crippen LogP contribution in [0.3, 0.4) is 0 Å². The molecule has 2 heterocycles. The average Bonchev–Trinajstić information content (AvgIpc) is 3.03. The van der Waals surface area contributed by atoms with Gasteiger partial charge in [-0.25, -0.2) is 4.79 Å². The van der Waals surface area contributed by atoms with Gasteiger partial charge in [-0.15, -0.1) is 11.3 Å². The van der Waals surface area contributed by atoms with Crippen LogP contribution in [0.1, 0.15) is 27.9 Å². The molecule has 5 nitrogen and oxygen atoms in total. The molecule has 7 heteroatoms. The van der Waals surface area contributed by atoms with E-state index in [4.69, 9.17) is 9.15 Å². The minimum atomic E-state index is -0.374. The SMILES string of the molecule is CCOC(=O)c1sc(NC(=O)/C=C/c2ccc(Br)o2)cc1C. The summed E-state index contributed by atoms with van der Waals surface area (Å²) in [7, 11) is 0. The zero-order valence-corrected chi connectivity index (χ0v) is 14.4. The van der Waals surface area contributed by atoms with Crippen molar-refractivity contribution in [2.45, 2.75) is 13.8 Å². The van der Waals surface area contributed by atoms with E-state index in [1.54, 1.807) is 38.1 Å². The number of nitrogens with one attached hydrogen (secondary N) is 1. The summed E-state index contributed by atoms with van der Waals surface area (Å²) in [4.78, 5) is 24.1. The van der Waals surface area contributed by atoms with Crippen LogP contribution in [0, 0.1) is 6.92 Å². The maximum absolute atomic E-state index is 11.8. The molecule has 0 saturated heterocycles. The number of hydrogen-bond acceptors (Lipinski definition) is 5. The van der Waals surface area contributed by atoms with Crippen molar-refractivity contribution >= 4 is 50.2 Å². The van der Waals surface area contributed by atoms with Crippen LogP contribution >= 0.6 is 27.3 Å². The summed E-state index contributed by atoms with van der Waals surface area (Å²) in [6.07, 6.45) is 2.93. The topological polar surface area (TPSA) is 68.5 Å². The van der Waals surface area contributed by atoms with Gasteiger partial charge in [-0.05, 0) is 59.6 Å². The lowest BCUT2D eigenvalue weighted by Crippen LogP contribution is -2.06. The van der Waals surface area contributed by atoms with E-state index in [-0.39, 0.29) is 11.9 Å². The van der Waals surface area contributed by atoms with Gasteiger partial charge in [0.1, 0.15) is 10.6 Å². The van der Waals surface area contributed by atoms with Crippen molar-refractivity contribution < 1.29 is 18.7 Å². The third-order valence-electron chi connectivity index (χ3n) is 2.62. The number of esters is 1. The van der Waals surface area contributed by atoms with Gasteiger partial charge < -0.3 is 14.5 Å². The Morgan fingerprint density at radius 1 is 1.45 bits per heavy atom. The van der Waals surface area contributed by atoms with E-state index >= 15 is 0 Å². The smallest absolute Gasteiger partial charge is 0.348 e. The standard InChI is InChI=1S/C15H14BrNO4S/c1-3-20-15(19)14-9(2)8-13(22-14)17-12(18)7-5-10-4-6-11(16)21-10/h4-8H,3H2,1-2H3,(H,17,18)/b7-5+. The Morgan fingerprint density at radius 2 is 2.23 bits per heavy atom. The predicted octanol–water partition coefficient (Wildman–Crippen LogP) is 4.24. The molecule has 2 rings (SSSR count). The first kappa shape index (κ1) is 16.5. The van der Waals surface area contributed by atoms with Gasteiger partial charge in [-0.1, -0.05) is 0 Å². The molecule has 2 aromatic rings. The first-order valence-electron chi connectivity index (χ1n) is 6.51. The minimum Gasteiger partial charge on any atom is -0.462 e. The number of anilines is 1. The van der Waals surface area contributed by atoms with Gasteiger partial charge in [0.15, 0.2) is 4.67 Å². The van der Waals surface area contributed by atoms with Crippen LogP contribution in [-0.4, -0.2) is 18.5 Å². The lowest BCUT2D eigenvalue weighted by atomic mass is 10.3. The Balaban J connectivity index is 2.01. The molecule has 0 bridgehead atoms. The van der Waals surface area contributed by atoms with E-state index < -0.39 is 0 Å². The molecular formula is C15H14BrNO4S. The van der Waals surface area contributed by atoms with Gasteiger partial charge in [0, 0.05) is 6.08 Å². The van der Waals surface area contributed by atoms with Gasteiger partial charge in [0.25, 0.3) is 0 Å². The Bertz CT molecular complexity index is 717. The van der Waals surface area contributed by atoms with E-state index in [1.807, 2.05) is 0 Å². The highest BCUT2D eigenvalue weighted by atomic mass is 79.9. The number of ether oxygens (including phenoxy) is 1. The zero-order valence-electron chi connectivity index (χ0n) is 12.0. The molecule has 0 aliphatic heterocycles. The highest BCUT2D eigenvalue weighted by Gasteiger charge is 2.15. The molecule has 0 unspecified atom stereocenters. The summed E-state index contributed by atoms with van der Waals surface area (Å²) < 4.78 is 10.8. The molecule has 0 radical (unpaired) electrons. The molecular weight excluding hydrogens is 370 g/mol. The molecule has 0 aliphatic rings. The third-order valence-corrected chi connectivity index (χ3v) is 4.18. The van der Waals surface area contributed by atoms with Crippen LogP contribution in [0.15, 0.2) is 33.4 Å². The predicted molar refractivity (Wildman–Crippen MR) is 89.1 cm³/mol. The van der Waals surface area contributed by atoms with E-state index in [0.29, 0.717) is 26.9 Å². The lowest BCUT2D eigenvalue weighted by molar-refractivity contribution is -0.111. The van der Waals surface area contributed by atoms with Crippen molar-refractivity contribution in [2.75, 3.05) is 11.9 Å². The number of carbonyl (C=O) groups excluding carboxylic acids is 2. The lowest BCUT2D eigenvalue weighted by Gasteiger charge is -1.99. The molecule has 0 saturated carbocycles. The molecule has 22 heavy (non-hydrogen) atoms. The molecule has 0 spiro atoms. The van der Waals surface area contributed by atoms with Crippen LogP contribution in [0.25, 0.3) is 6.08 Å². The van der Waals surface area contributed by atoms with E-state index in [0.717, 1.165) is 5.56 Å². The Morgan fingerprint density at radius 3 is 2.86 bits per heavy atom. The van der Waals surface area contributed by atoms with Gasteiger partial charge in [0.05, 0.1) is 11.6 Å². The van der Waals surface area contributed by atoms with Crippen LogP contribution in [-0.2, 0) is 9.53 Å². The number of amides is 1. The molecule has 0 fully saturated rings. The summed E-state index contributed by atoms with van der Waals surface area (Å²) in [5.74, 6) is -0.109. The van der Waals surface area contributed by atoms with Crippen LogP contribution < -0.4 is 5.32 Å². The number of hydrogen-bond donors (Lipinski definition) is 1. The second kappa shape index (κ2) is 7.42. The molecule has 0 aliphatic carbocycles. The largest absolute Gasteiger partial charge is 0.462 e. The molecule has 1 N–H and O–H groups in total. The van der Waals surface area contributed by atoms with E-state index in [9.17, 15) is 9.59 Å². The quantitative estimate of drug-likeness (QED) is 0.619. The normalized spacial score (nSPS) is 10.9. The fourth-order valence-electron chi connectivity index (χ4n) is 1.68. The maximum atomic E-state index is 11.8. The van der Waals surface area contributed by atoms with Crippen LogP contribution in [0.5, 0.6) is 0 Å². The first-order valence-corrected chi connectivity index (χ1v) is 8.12. The van der Waals surface area contributed by atoms with Gasteiger partial charge in [0.2, 0.25) is 5.91 Å². The van der Waals surface area contributed by atoms with Crippen molar-refractivity contribution in [3.05, 3.63) is 45.1 Å². The third kappa shape index (κ3) is 4.32. The summed E-state index contributed by atoms with van der Waals surface area (Å²) >= 11 is 4.38. The van der Waals surface area contributed by atoms with Crippen molar-refractivity contribution in [1.29, 1.82) is 0 Å². The van der Waals surface area contributed by atoms with Crippen molar-refractivity contribution in [3.63, 3.8) is 0 Å². The van der Waals surface area contributed by atoms with Gasteiger partial charge in [-0.3, -0.25) is 4.79 Å². The van der Waals surface area contributed by atoms with Crippen molar-refractivity contribution in [3.8, 4) is 0 Å². The number of halogens is 1. The van der Waals surface area contributed by atoms with E-state index in [2.05, 4.69) is 21.2 Å². The Labute approximate surface area is 140 Å². The van der Waals surface area contributed by atoms with Gasteiger partial charge >= 0.3 is 5.97 Å². The maximum Gasteiger partial charge on any atom is 0.348 e. The summed E-state index contributed by atoms with van der Waals surface area (Å²) in [5, 5.41) is 3.30. The fourth-order valence-corrected chi connectivity index (χ4v) is 2.97. The number of thiophene rings is 1. The van der Waals surface area contributed by atoms with E-state index in [1.165, 1.54) is 17.4 Å². The number of furan rings is 1. The highest BCUT2D eigenvalue weighted by Crippen LogP contribution is 2.27. The van der Waals surface area contributed by atoms with Gasteiger partial charge in [-0.2, -0.15) is 0 Å². The Hall–Kier alpha value is -1.86. The van der Waals surface area contributed by atoms with Crippen molar-refractivity contribution in [1.82, 2.24) is 0 Å². The molecule has 0 atom stereocenters. The second-order valence-corrected chi connectivity index (χ2v) is 6.14. The van der Waals surface area contributed by atoms with Crippen LogP contribution in [0.4, 0.5) is 5.00 Å². The number of carbonyl (C=O) groups is 2. The summed E-state index contributed by atoms with van der Waals surface area (Å²) in [6, 6.07) is 5.22. The fraction of sp³-hybridized carbons (Fsp3) is 0.200. The molecule has 2 aromatic heterocycles. The highest BCUT2D eigenvalue weighted by molar-refractivity contribution is 9.10. The average molecular weight is 384 g/mol. The first-order chi connectivity index (χ1) is 10.5. The Kier molecular flexibility index (Phi) is 5.57. The van der Waals surface area contributed by atoms with Crippen LogP contribution in [0.2, 0.25) is 0 Å². The number of aryl methyl sites for hydroxylation is 1. The minimum absolute atomic E-state index is 0.302. The number of rotatable bonds is 5.